The van der Waals surface area contributed by atoms with Gasteiger partial charge in [-0.1, -0.05) is 36.9 Å². The normalized spacial score (nSPS) is 16.4. The number of rotatable bonds is 7. The van der Waals surface area contributed by atoms with E-state index in [2.05, 4.69) is 11.8 Å². The Morgan fingerprint density at radius 2 is 1.62 bits per heavy atom. The highest BCUT2D eigenvalue weighted by Crippen LogP contribution is 2.32. The summed E-state index contributed by atoms with van der Waals surface area (Å²) in [6, 6.07) is 15.2. The maximum atomic E-state index is 13.2. The number of carbonyl (C=O) groups is 1. The SMILES string of the molecule is CCc1cc(N2CCN(c3cccc(C(F)(F)F)c3)CC2)nc(SCc2ccc(C(=O)N3CCOCC3)cc2)n1. The average molecular weight is 572 g/mol. The molecule has 11 heteroatoms. The molecule has 40 heavy (non-hydrogen) atoms. The lowest BCUT2D eigenvalue weighted by molar-refractivity contribution is -0.137. The molecular formula is C29H32F3N5O2S. The quantitative estimate of drug-likeness (QED) is 0.287. The molecule has 0 N–H and O–H groups in total. The number of alkyl halides is 3. The number of thioether (sulfide) groups is 1. The third-order valence-corrected chi connectivity index (χ3v) is 8.04. The lowest BCUT2D eigenvalue weighted by Gasteiger charge is -2.37. The molecule has 0 unspecified atom stereocenters. The van der Waals surface area contributed by atoms with Crippen LogP contribution in [0.15, 0.2) is 59.8 Å². The first kappa shape index (κ1) is 28.2. The van der Waals surface area contributed by atoms with E-state index in [9.17, 15) is 18.0 Å². The van der Waals surface area contributed by atoms with Gasteiger partial charge in [-0.3, -0.25) is 4.79 Å². The molecule has 7 nitrogen and oxygen atoms in total. The van der Waals surface area contributed by atoms with Crippen LogP contribution in [0.2, 0.25) is 0 Å². The minimum atomic E-state index is -4.36. The summed E-state index contributed by atoms with van der Waals surface area (Å²) >= 11 is 1.55. The number of hydrogen-bond donors (Lipinski definition) is 0. The molecule has 0 radical (unpaired) electrons. The number of ether oxygens (including phenoxy) is 1. The van der Waals surface area contributed by atoms with Crippen LogP contribution in [0.1, 0.15) is 34.1 Å². The van der Waals surface area contributed by atoms with Crippen LogP contribution < -0.4 is 9.80 Å². The van der Waals surface area contributed by atoms with Gasteiger partial charge in [-0.05, 0) is 42.3 Å². The number of nitrogens with zero attached hydrogens (tertiary/aromatic N) is 5. The highest BCUT2D eigenvalue weighted by atomic mass is 32.2. The molecule has 2 aromatic carbocycles. The van der Waals surface area contributed by atoms with Crippen LogP contribution in [-0.4, -0.2) is 73.3 Å². The number of hydrogen-bond acceptors (Lipinski definition) is 7. The fourth-order valence-electron chi connectivity index (χ4n) is 4.78. The molecule has 1 aromatic heterocycles. The number of amides is 1. The summed E-state index contributed by atoms with van der Waals surface area (Å²) in [5, 5.41) is 0.683. The molecule has 0 atom stereocenters. The third-order valence-electron chi connectivity index (χ3n) is 7.12. The van der Waals surface area contributed by atoms with Gasteiger partial charge in [-0.15, -0.1) is 0 Å². The van der Waals surface area contributed by atoms with Crippen LogP contribution in [0.25, 0.3) is 0 Å². The van der Waals surface area contributed by atoms with Crippen molar-refractivity contribution in [3.05, 3.63) is 77.0 Å². The van der Waals surface area contributed by atoms with Crippen molar-refractivity contribution in [2.45, 2.75) is 30.4 Å². The number of benzene rings is 2. The van der Waals surface area contributed by atoms with Crippen molar-refractivity contribution in [2.75, 3.05) is 62.3 Å². The van der Waals surface area contributed by atoms with Crippen molar-refractivity contribution >= 4 is 29.2 Å². The Balaban J connectivity index is 1.20. The Kier molecular flexibility index (Phi) is 8.80. The van der Waals surface area contributed by atoms with Crippen molar-refractivity contribution in [1.29, 1.82) is 0 Å². The van der Waals surface area contributed by atoms with Crippen LogP contribution >= 0.6 is 11.8 Å². The first-order chi connectivity index (χ1) is 19.3. The summed E-state index contributed by atoms with van der Waals surface area (Å²) in [4.78, 5) is 28.2. The molecule has 2 aliphatic rings. The van der Waals surface area contributed by atoms with E-state index in [1.165, 1.54) is 12.1 Å². The second-order valence-corrected chi connectivity index (χ2v) is 10.7. The number of piperazine rings is 1. The molecule has 1 amide bonds. The van der Waals surface area contributed by atoms with Gasteiger partial charge in [0.15, 0.2) is 5.16 Å². The fourth-order valence-corrected chi connectivity index (χ4v) is 5.61. The molecule has 212 valence electrons. The Labute approximate surface area is 236 Å². The van der Waals surface area contributed by atoms with Gasteiger partial charge >= 0.3 is 6.18 Å². The molecule has 0 spiro atoms. The number of halogens is 3. The zero-order chi connectivity index (χ0) is 28.1. The Bertz CT molecular complexity index is 1310. The summed E-state index contributed by atoms with van der Waals surface area (Å²) in [5.74, 6) is 1.53. The smallest absolute Gasteiger partial charge is 0.378 e. The standard InChI is InChI=1S/C29H32F3N5O2S/c1-2-24-19-26(36-12-10-35(11-13-36)25-5-3-4-23(18-25)29(30,31)32)34-28(33-24)40-20-21-6-8-22(9-7-21)27(38)37-14-16-39-17-15-37/h3-9,18-19H,2,10-17,20H2,1H3. The molecule has 0 aliphatic carbocycles. The van der Waals surface area contributed by atoms with Crippen molar-refractivity contribution in [1.82, 2.24) is 14.9 Å². The second kappa shape index (κ2) is 12.5. The second-order valence-electron chi connectivity index (χ2n) is 9.77. The molecule has 2 aliphatic heterocycles. The maximum absolute atomic E-state index is 13.2. The number of carbonyl (C=O) groups excluding carboxylic acids is 1. The van der Waals surface area contributed by atoms with Crippen molar-refractivity contribution < 1.29 is 22.7 Å². The molecule has 5 rings (SSSR count). The van der Waals surface area contributed by atoms with Gasteiger partial charge in [0.1, 0.15) is 5.82 Å². The Morgan fingerprint density at radius 1 is 0.925 bits per heavy atom. The summed E-state index contributed by atoms with van der Waals surface area (Å²) in [6.07, 6.45) is -3.59. The van der Waals surface area contributed by atoms with Gasteiger partial charge in [-0.25, -0.2) is 9.97 Å². The number of morpholine rings is 1. The maximum Gasteiger partial charge on any atom is 0.416 e. The monoisotopic (exact) mass is 571 g/mol. The van der Waals surface area contributed by atoms with Gasteiger partial charge in [-0.2, -0.15) is 13.2 Å². The van der Waals surface area contributed by atoms with Crippen LogP contribution in [0, 0.1) is 0 Å². The summed E-state index contributed by atoms with van der Waals surface area (Å²) in [5.41, 5.74) is 2.65. The highest BCUT2D eigenvalue weighted by molar-refractivity contribution is 7.98. The summed E-state index contributed by atoms with van der Waals surface area (Å²) in [6.45, 7) is 6.94. The predicted octanol–water partition coefficient (Wildman–Crippen LogP) is 5.15. The fraction of sp³-hybridized carbons (Fsp3) is 0.414. The van der Waals surface area contributed by atoms with Gasteiger partial charge in [0.25, 0.3) is 5.91 Å². The highest BCUT2D eigenvalue weighted by Gasteiger charge is 2.31. The van der Waals surface area contributed by atoms with Crippen molar-refractivity contribution in [3.63, 3.8) is 0 Å². The van der Waals surface area contributed by atoms with Gasteiger partial charge < -0.3 is 19.4 Å². The largest absolute Gasteiger partial charge is 0.416 e. The zero-order valence-corrected chi connectivity index (χ0v) is 23.2. The average Bonchev–Trinajstić information content (AvgIpc) is 3.00. The summed E-state index contributed by atoms with van der Waals surface area (Å²) < 4.78 is 44.8. The first-order valence-electron chi connectivity index (χ1n) is 13.4. The van der Waals surface area contributed by atoms with Crippen molar-refractivity contribution in [3.8, 4) is 0 Å². The van der Waals surface area contributed by atoms with E-state index in [1.54, 1.807) is 17.8 Å². The molecule has 0 saturated carbocycles. The molecule has 3 heterocycles. The van der Waals surface area contributed by atoms with Crippen LogP contribution in [-0.2, 0) is 23.1 Å². The third kappa shape index (κ3) is 6.87. The van der Waals surface area contributed by atoms with E-state index in [0.717, 1.165) is 29.6 Å². The van der Waals surface area contributed by atoms with Crippen LogP contribution in [0.5, 0.6) is 0 Å². The molecule has 3 aromatic rings. The molecular weight excluding hydrogens is 539 g/mol. The first-order valence-corrected chi connectivity index (χ1v) is 14.4. The number of aryl methyl sites for hydroxylation is 1. The van der Waals surface area contributed by atoms with Crippen LogP contribution in [0.3, 0.4) is 0 Å². The Morgan fingerprint density at radius 3 is 2.30 bits per heavy atom. The molecule has 2 fully saturated rings. The van der Waals surface area contributed by atoms with E-state index in [-0.39, 0.29) is 5.91 Å². The number of aromatic nitrogens is 2. The Hall–Kier alpha value is -3.31. The van der Waals surface area contributed by atoms with Gasteiger partial charge in [0.05, 0.1) is 18.8 Å². The van der Waals surface area contributed by atoms with Gasteiger partial charge in [0.2, 0.25) is 0 Å². The minimum Gasteiger partial charge on any atom is -0.378 e. The van der Waals surface area contributed by atoms with E-state index >= 15 is 0 Å². The molecule has 0 bridgehead atoms. The number of anilines is 2. The molecule has 2 saturated heterocycles. The lowest BCUT2D eigenvalue weighted by Crippen LogP contribution is -2.47. The zero-order valence-electron chi connectivity index (χ0n) is 22.4. The lowest BCUT2D eigenvalue weighted by atomic mass is 10.1. The predicted molar refractivity (Wildman–Crippen MR) is 150 cm³/mol. The minimum absolute atomic E-state index is 0.0271. The van der Waals surface area contributed by atoms with Crippen LogP contribution in [0.4, 0.5) is 24.7 Å². The summed E-state index contributed by atoms with van der Waals surface area (Å²) in [7, 11) is 0. The van der Waals surface area contributed by atoms with E-state index in [1.807, 2.05) is 40.1 Å². The van der Waals surface area contributed by atoms with E-state index in [0.29, 0.717) is 74.6 Å². The van der Waals surface area contributed by atoms with Gasteiger partial charge in [0, 0.05) is 68.0 Å². The van der Waals surface area contributed by atoms with E-state index < -0.39 is 11.7 Å². The topological polar surface area (TPSA) is 61.8 Å². The van der Waals surface area contributed by atoms with E-state index in [4.69, 9.17) is 14.7 Å². The van der Waals surface area contributed by atoms with Crippen molar-refractivity contribution in [2.24, 2.45) is 0 Å².